The van der Waals surface area contributed by atoms with E-state index in [4.69, 9.17) is 18.9 Å². The van der Waals surface area contributed by atoms with Crippen LogP contribution in [-0.4, -0.2) is 108 Å². The lowest BCUT2D eigenvalue weighted by Crippen LogP contribution is -2.57. The molecule has 0 bridgehead atoms. The van der Waals surface area contributed by atoms with Crippen LogP contribution >= 0.6 is 0 Å². The van der Waals surface area contributed by atoms with Crippen LogP contribution in [0.1, 0.15) is 37.5 Å². The average molecular weight is 921 g/mol. The van der Waals surface area contributed by atoms with Gasteiger partial charge in [-0.1, -0.05) is 42.5 Å². The Balaban J connectivity index is 1.37. The molecule has 1 saturated heterocycles. The molecular weight excluding hydrogens is 873 g/mol. The number of nitrogens with one attached hydrogen (secondary N) is 1. The summed E-state index contributed by atoms with van der Waals surface area (Å²) in [5.74, 6) is 1.75. The lowest BCUT2D eigenvalue weighted by Gasteiger charge is -2.39. The normalized spacial score (nSPS) is 13.5. The second-order valence-electron chi connectivity index (χ2n) is 16.5. The first kappa shape index (κ1) is 44.8. The number of sulfone groups is 1. The Kier molecular flexibility index (Phi) is 12.4. The van der Waals surface area contributed by atoms with E-state index in [2.05, 4.69) is 25.5 Å². The number of amides is 1. The molecule has 0 spiro atoms. The number of tetrazole rings is 1. The first-order valence-corrected chi connectivity index (χ1v) is 23.5. The molecule has 338 valence electrons. The van der Waals surface area contributed by atoms with E-state index in [0.717, 1.165) is 5.56 Å². The first-order chi connectivity index (χ1) is 31.1. The molecular formula is C46H48N8O9S2. The number of sulfonamides is 1. The molecule has 19 heteroatoms. The van der Waals surface area contributed by atoms with E-state index in [1.54, 1.807) is 119 Å². The number of methoxy groups -OCH3 is 3. The van der Waals surface area contributed by atoms with Gasteiger partial charge in [0.15, 0.2) is 15.7 Å². The lowest BCUT2D eigenvalue weighted by molar-refractivity contribution is 0.0139. The number of carbonyl (C=O) groups is 1. The molecule has 7 aromatic rings. The van der Waals surface area contributed by atoms with Gasteiger partial charge in [0.1, 0.15) is 33.0 Å². The molecule has 0 aliphatic carbocycles. The van der Waals surface area contributed by atoms with Gasteiger partial charge in [-0.3, -0.25) is 4.98 Å². The zero-order valence-electron chi connectivity index (χ0n) is 36.6. The third kappa shape index (κ3) is 9.38. The van der Waals surface area contributed by atoms with E-state index < -0.39 is 46.6 Å². The van der Waals surface area contributed by atoms with Crippen molar-refractivity contribution in [1.29, 1.82) is 0 Å². The summed E-state index contributed by atoms with van der Waals surface area (Å²) in [5, 5.41) is 11.6. The summed E-state index contributed by atoms with van der Waals surface area (Å²) < 4.78 is 87.0. The van der Waals surface area contributed by atoms with E-state index in [-0.39, 0.29) is 44.1 Å². The van der Waals surface area contributed by atoms with Gasteiger partial charge in [-0.05, 0) is 108 Å². The smallest absolute Gasteiger partial charge is 0.410 e. The summed E-state index contributed by atoms with van der Waals surface area (Å²) in [4.78, 5) is 21.1. The number of ether oxygens (including phenoxy) is 4. The minimum Gasteiger partial charge on any atom is -0.497 e. The largest absolute Gasteiger partial charge is 0.497 e. The summed E-state index contributed by atoms with van der Waals surface area (Å²) in [6, 6.07) is 27.6. The number of hydrogen-bond acceptors (Lipinski definition) is 13. The number of carbonyl (C=O) groups excluding carboxylic acids is 1. The second kappa shape index (κ2) is 18.0. The highest BCUT2D eigenvalue weighted by Gasteiger charge is 2.46. The average Bonchev–Trinajstić information content (AvgIpc) is 3.94. The number of likely N-dealkylation sites (tertiary alicyclic amines) is 1. The van der Waals surface area contributed by atoms with Crippen molar-refractivity contribution >= 4 is 37.0 Å². The maximum atomic E-state index is 16.1. The van der Waals surface area contributed by atoms with Crippen LogP contribution in [0, 0.1) is 0 Å². The van der Waals surface area contributed by atoms with Gasteiger partial charge >= 0.3 is 6.09 Å². The second-order valence-corrected chi connectivity index (χ2v) is 20.6. The maximum Gasteiger partial charge on any atom is 0.410 e. The molecule has 8 rings (SSSR count). The molecule has 17 nitrogen and oxygen atoms in total. The van der Waals surface area contributed by atoms with Gasteiger partial charge in [-0.25, -0.2) is 26.3 Å². The zero-order valence-corrected chi connectivity index (χ0v) is 38.3. The van der Waals surface area contributed by atoms with Crippen molar-refractivity contribution in [3.63, 3.8) is 0 Å². The van der Waals surface area contributed by atoms with Crippen LogP contribution < -0.4 is 14.2 Å². The van der Waals surface area contributed by atoms with Crippen molar-refractivity contribution in [2.75, 3.05) is 34.4 Å². The fourth-order valence-corrected chi connectivity index (χ4v) is 11.6. The van der Waals surface area contributed by atoms with E-state index in [1.165, 1.54) is 34.2 Å². The molecule has 1 N–H and O–H groups in total. The molecule has 65 heavy (non-hydrogen) atoms. The van der Waals surface area contributed by atoms with Crippen molar-refractivity contribution in [2.45, 2.75) is 61.0 Å². The monoisotopic (exact) mass is 920 g/mol. The fourth-order valence-electron chi connectivity index (χ4n) is 7.50. The molecule has 4 aromatic carbocycles. The summed E-state index contributed by atoms with van der Waals surface area (Å²) in [6.45, 7) is 4.42. The number of H-pyrrole nitrogens is 1. The topological polar surface area (TPSA) is 201 Å². The highest BCUT2D eigenvalue weighted by Crippen LogP contribution is 2.44. The quantitative estimate of drug-likeness (QED) is 0.113. The molecule has 3 aromatic heterocycles. The minimum absolute atomic E-state index is 0.0177. The number of rotatable bonds is 15. The molecule has 0 radical (unpaired) electrons. The van der Waals surface area contributed by atoms with Crippen molar-refractivity contribution in [3.8, 4) is 39.8 Å². The van der Waals surface area contributed by atoms with Crippen LogP contribution in [0.25, 0.3) is 33.5 Å². The third-order valence-corrected chi connectivity index (χ3v) is 15.1. The maximum absolute atomic E-state index is 16.1. The number of pyridine rings is 1. The van der Waals surface area contributed by atoms with Crippen LogP contribution in [0.4, 0.5) is 4.79 Å². The number of nitrogens with zero attached hydrogens (tertiary/aromatic N) is 7. The Morgan fingerprint density at radius 1 is 0.785 bits per heavy atom. The molecule has 1 aliphatic heterocycles. The molecule has 0 atom stereocenters. The van der Waals surface area contributed by atoms with E-state index in [1.807, 2.05) is 12.1 Å². The number of fused-ring (bicyclic) bond motifs is 1. The zero-order chi connectivity index (χ0) is 46.1. The molecule has 0 unspecified atom stereocenters. The SMILES string of the molecule is COc1ccc(CN(Cc2ccc(OC)cc2)S(=O)(=O)c2c(S(=O)(=O)C3CN(C(=O)OC(C)(C)C)C3)ccc(-c3cnc4cc[nH]c4c3)c2-c2nnnn2Cc2ccc(OC)cc2)cc1. The van der Waals surface area contributed by atoms with Gasteiger partial charge < -0.3 is 28.8 Å². The summed E-state index contributed by atoms with van der Waals surface area (Å²) >= 11 is 0. The highest BCUT2D eigenvalue weighted by atomic mass is 32.2. The van der Waals surface area contributed by atoms with E-state index >= 15 is 16.8 Å². The Morgan fingerprint density at radius 3 is 1.91 bits per heavy atom. The van der Waals surface area contributed by atoms with Gasteiger partial charge in [-0.2, -0.15) is 4.31 Å². The summed E-state index contributed by atoms with van der Waals surface area (Å²) in [5.41, 5.74) is 3.15. The fraction of sp³-hybridized carbons (Fsp3) is 0.283. The molecule has 1 aliphatic rings. The molecule has 0 saturated carbocycles. The molecule has 1 amide bonds. The van der Waals surface area contributed by atoms with Crippen LogP contribution in [0.3, 0.4) is 0 Å². The number of benzene rings is 4. The van der Waals surface area contributed by atoms with Gasteiger partial charge in [0.05, 0.1) is 49.4 Å². The van der Waals surface area contributed by atoms with E-state index in [9.17, 15) is 4.79 Å². The minimum atomic E-state index is -4.90. The predicted molar refractivity (Wildman–Crippen MR) is 242 cm³/mol. The lowest BCUT2D eigenvalue weighted by atomic mass is 10.00. The first-order valence-electron chi connectivity index (χ1n) is 20.6. The Morgan fingerprint density at radius 2 is 1.35 bits per heavy atom. The van der Waals surface area contributed by atoms with Crippen LogP contribution in [0.15, 0.2) is 119 Å². The highest BCUT2D eigenvalue weighted by molar-refractivity contribution is 7.94. The summed E-state index contributed by atoms with van der Waals surface area (Å²) in [7, 11) is -4.81. The summed E-state index contributed by atoms with van der Waals surface area (Å²) in [6.07, 6.45) is 2.65. The molecule has 4 heterocycles. The van der Waals surface area contributed by atoms with Crippen LogP contribution in [0.5, 0.6) is 17.2 Å². The van der Waals surface area contributed by atoms with E-state index in [0.29, 0.717) is 50.5 Å². The Hall–Kier alpha value is -6.83. The van der Waals surface area contributed by atoms with Crippen molar-refractivity contribution in [2.24, 2.45) is 0 Å². The van der Waals surface area contributed by atoms with Crippen LogP contribution in [0.2, 0.25) is 0 Å². The molecule has 1 fully saturated rings. The van der Waals surface area contributed by atoms with Gasteiger partial charge in [0.2, 0.25) is 10.0 Å². The third-order valence-electron chi connectivity index (χ3n) is 11.0. The van der Waals surface area contributed by atoms with Crippen molar-refractivity contribution in [1.82, 2.24) is 39.4 Å². The van der Waals surface area contributed by atoms with Crippen LogP contribution in [-0.2, 0) is 44.2 Å². The van der Waals surface area contributed by atoms with Gasteiger partial charge in [0.25, 0.3) is 0 Å². The Labute approximate surface area is 376 Å². The van der Waals surface area contributed by atoms with Gasteiger partial charge in [-0.15, -0.1) is 5.10 Å². The number of aromatic amines is 1. The predicted octanol–water partition coefficient (Wildman–Crippen LogP) is 6.74. The standard InChI is InChI=1S/C46H48N8O9S2/c1-46(2,3)63-45(55)52-28-37(29-52)64(56,57)41-20-19-38(33-23-40-39(48-24-33)21-22-47-40)42(44-49-50-51-54(44)27-32-11-17-36(62-6)18-12-32)43(41)65(58,59)53(25-30-7-13-34(60-4)14-8-30)26-31-9-15-35(61-5)16-10-31/h7-24,37,47H,25-29H2,1-6H3. The van der Waals surface area contributed by atoms with Crippen molar-refractivity contribution < 1.29 is 40.6 Å². The Bertz CT molecular complexity index is 3000. The number of aromatic nitrogens is 6. The van der Waals surface area contributed by atoms with Crippen molar-refractivity contribution in [3.05, 3.63) is 126 Å². The number of hydrogen-bond donors (Lipinski definition) is 1. The van der Waals surface area contributed by atoms with Gasteiger partial charge in [0, 0.05) is 44.1 Å².